The average Bonchev–Trinajstić information content (AvgIpc) is 2.61. The summed E-state index contributed by atoms with van der Waals surface area (Å²) in [5.74, 6) is -0.236. The van der Waals surface area contributed by atoms with E-state index in [-0.39, 0.29) is 18.3 Å². The molecule has 0 fully saturated rings. The normalized spacial score (nSPS) is 11.6. The summed E-state index contributed by atoms with van der Waals surface area (Å²) in [7, 11) is 1.27. The Balaban J connectivity index is 1.89. The molecule has 27 heavy (non-hydrogen) atoms. The molecule has 2 aromatic carbocycles. The number of carbonyl (C=O) groups is 1. The van der Waals surface area contributed by atoms with Crippen molar-refractivity contribution in [1.82, 2.24) is 0 Å². The van der Waals surface area contributed by atoms with Crippen molar-refractivity contribution >= 4 is 23.4 Å². The molecule has 0 aliphatic heterocycles. The number of hydrogen-bond acceptors (Lipinski definition) is 4. The molecule has 1 amide bonds. The van der Waals surface area contributed by atoms with E-state index >= 15 is 0 Å². The monoisotopic (exact) mass is 382 g/mol. The molecule has 2 rings (SSSR count). The van der Waals surface area contributed by atoms with E-state index < -0.39 is 12.5 Å². The smallest absolute Gasteiger partial charge is 0.453 e. The Bertz CT molecular complexity index is 791. The van der Waals surface area contributed by atoms with E-state index in [9.17, 15) is 18.0 Å². The van der Waals surface area contributed by atoms with E-state index in [0.717, 1.165) is 17.7 Å². The van der Waals surface area contributed by atoms with Crippen molar-refractivity contribution in [2.24, 2.45) is 10.7 Å². The van der Waals surface area contributed by atoms with Crippen LogP contribution in [0, 0.1) is 0 Å². The van der Waals surface area contributed by atoms with Crippen LogP contribution in [0.15, 0.2) is 53.5 Å². The zero-order chi connectivity index (χ0) is 19.9. The van der Waals surface area contributed by atoms with E-state index in [1.165, 1.54) is 19.2 Å². The highest BCUT2D eigenvalue weighted by atomic mass is 19.4. The minimum atomic E-state index is -4.74. The second-order valence-electron chi connectivity index (χ2n) is 5.21. The summed E-state index contributed by atoms with van der Waals surface area (Å²) in [6.45, 7) is 0.270. The van der Waals surface area contributed by atoms with Gasteiger partial charge in [0.05, 0.1) is 13.7 Å². The lowest BCUT2D eigenvalue weighted by atomic mass is 10.2. The van der Waals surface area contributed by atoms with Crippen LogP contribution in [0.5, 0.6) is 5.75 Å². The maximum atomic E-state index is 12.1. The first-order chi connectivity index (χ1) is 12.7. The molecule has 10 heteroatoms. The lowest BCUT2D eigenvalue weighted by Crippen LogP contribution is -2.22. The Labute approximate surface area is 153 Å². The zero-order valence-corrected chi connectivity index (χ0v) is 14.2. The van der Waals surface area contributed by atoms with Crippen molar-refractivity contribution in [3.63, 3.8) is 0 Å². The minimum absolute atomic E-state index is 0.0938. The molecule has 0 spiro atoms. The summed E-state index contributed by atoms with van der Waals surface area (Å²) in [5.41, 5.74) is 7.63. The second-order valence-corrected chi connectivity index (χ2v) is 5.21. The number of hydrogen-bond donors (Lipinski definition) is 3. The standard InChI is InChI=1S/C17H17F3N4O3/c1-26-16(25)24-13-4-2-11(3-5-13)10-22-15(21)23-12-6-8-14(9-7-12)27-17(18,19)20/h2-9H,10H2,1H3,(H,24,25)(H3,21,22,23). The summed E-state index contributed by atoms with van der Waals surface area (Å²) < 4.78 is 44.6. The molecule has 0 aromatic heterocycles. The number of alkyl halides is 3. The topological polar surface area (TPSA) is 98.0 Å². The van der Waals surface area contributed by atoms with Gasteiger partial charge in [-0.15, -0.1) is 13.2 Å². The highest BCUT2D eigenvalue weighted by molar-refractivity contribution is 5.92. The summed E-state index contributed by atoms with van der Waals surface area (Å²) >= 11 is 0. The first kappa shape index (κ1) is 19.9. The van der Waals surface area contributed by atoms with Crippen LogP contribution in [0.3, 0.4) is 0 Å². The van der Waals surface area contributed by atoms with Gasteiger partial charge in [-0.05, 0) is 42.0 Å². The molecule has 0 saturated heterocycles. The van der Waals surface area contributed by atoms with E-state index in [2.05, 4.69) is 25.1 Å². The van der Waals surface area contributed by atoms with Crippen molar-refractivity contribution < 1.29 is 27.4 Å². The van der Waals surface area contributed by atoms with Crippen LogP contribution < -0.4 is 21.1 Å². The maximum Gasteiger partial charge on any atom is 0.573 e. The van der Waals surface area contributed by atoms with Gasteiger partial charge in [0.2, 0.25) is 0 Å². The van der Waals surface area contributed by atoms with Gasteiger partial charge in [-0.3, -0.25) is 5.32 Å². The maximum absolute atomic E-state index is 12.1. The van der Waals surface area contributed by atoms with Crippen molar-refractivity contribution in [1.29, 1.82) is 0 Å². The third-order valence-electron chi connectivity index (χ3n) is 3.18. The number of nitrogens with one attached hydrogen (secondary N) is 2. The van der Waals surface area contributed by atoms with Crippen LogP contribution in [0.2, 0.25) is 0 Å². The molecule has 4 N–H and O–H groups in total. The molecule has 0 bridgehead atoms. The molecule has 0 unspecified atom stereocenters. The van der Waals surface area contributed by atoms with Crippen molar-refractivity contribution in [3.05, 3.63) is 54.1 Å². The van der Waals surface area contributed by atoms with E-state index in [0.29, 0.717) is 11.4 Å². The fraction of sp³-hybridized carbons (Fsp3) is 0.176. The van der Waals surface area contributed by atoms with Gasteiger partial charge >= 0.3 is 12.5 Å². The predicted molar refractivity (Wildman–Crippen MR) is 94.5 cm³/mol. The molecule has 0 aliphatic rings. The lowest BCUT2D eigenvalue weighted by molar-refractivity contribution is -0.274. The first-order valence-electron chi connectivity index (χ1n) is 7.62. The van der Waals surface area contributed by atoms with Gasteiger partial charge in [0, 0.05) is 11.4 Å². The van der Waals surface area contributed by atoms with Gasteiger partial charge in [-0.25, -0.2) is 9.79 Å². The number of nitrogens with two attached hydrogens (primary N) is 1. The number of aliphatic imine (C=N–C) groups is 1. The number of rotatable bonds is 5. The Morgan fingerprint density at radius 1 is 1.04 bits per heavy atom. The molecule has 0 atom stereocenters. The second kappa shape index (κ2) is 8.79. The van der Waals surface area contributed by atoms with E-state index in [1.807, 2.05) is 0 Å². The van der Waals surface area contributed by atoms with Crippen LogP contribution >= 0.6 is 0 Å². The van der Waals surface area contributed by atoms with Crippen molar-refractivity contribution in [2.75, 3.05) is 17.7 Å². The highest BCUT2D eigenvalue weighted by Crippen LogP contribution is 2.23. The Morgan fingerprint density at radius 2 is 1.59 bits per heavy atom. The third kappa shape index (κ3) is 7.14. The number of nitrogens with zero attached hydrogens (tertiary/aromatic N) is 1. The van der Waals surface area contributed by atoms with Crippen LogP contribution in [-0.4, -0.2) is 25.5 Å². The van der Waals surface area contributed by atoms with E-state index in [1.54, 1.807) is 24.3 Å². The SMILES string of the molecule is COC(=O)Nc1ccc(CN=C(N)Nc2ccc(OC(F)(F)F)cc2)cc1. The number of methoxy groups -OCH3 is 1. The molecular weight excluding hydrogens is 365 g/mol. The fourth-order valence-electron chi connectivity index (χ4n) is 1.97. The van der Waals surface area contributed by atoms with Crippen molar-refractivity contribution in [3.8, 4) is 5.75 Å². The van der Waals surface area contributed by atoms with Crippen LogP contribution in [-0.2, 0) is 11.3 Å². The average molecular weight is 382 g/mol. The molecule has 0 aliphatic carbocycles. The molecule has 144 valence electrons. The molecule has 0 saturated carbocycles. The van der Waals surface area contributed by atoms with Crippen molar-refractivity contribution in [2.45, 2.75) is 12.9 Å². The van der Waals surface area contributed by atoms with Crippen LogP contribution in [0.4, 0.5) is 29.3 Å². The molecule has 0 radical (unpaired) electrons. The summed E-state index contributed by atoms with van der Waals surface area (Å²) in [6, 6.07) is 12.0. The van der Waals surface area contributed by atoms with Crippen LogP contribution in [0.1, 0.15) is 5.56 Å². The number of benzene rings is 2. The summed E-state index contributed by atoms with van der Waals surface area (Å²) in [4.78, 5) is 15.2. The quantitative estimate of drug-likeness (QED) is 0.541. The predicted octanol–water partition coefficient (Wildman–Crippen LogP) is 3.69. The van der Waals surface area contributed by atoms with Gasteiger partial charge in [-0.1, -0.05) is 12.1 Å². The number of anilines is 2. The number of guanidine groups is 1. The number of amides is 1. The number of carbonyl (C=O) groups excluding carboxylic acids is 1. The van der Waals surface area contributed by atoms with Crippen LogP contribution in [0.25, 0.3) is 0 Å². The van der Waals surface area contributed by atoms with Gasteiger partial charge in [0.25, 0.3) is 0 Å². The lowest BCUT2D eigenvalue weighted by Gasteiger charge is -2.10. The van der Waals surface area contributed by atoms with Gasteiger partial charge < -0.3 is 20.5 Å². The Morgan fingerprint density at radius 3 is 2.15 bits per heavy atom. The zero-order valence-electron chi connectivity index (χ0n) is 14.2. The fourth-order valence-corrected chi connectivity index (χ4v) is 1.97. The Hall–Kier alpha value is -3.43. The molecule has 2 aromatic rings. The summed E-state index contributed by atoms with van der Waals surface area (Å²) in [5, 5.41) is 5.28. The highest BCUT2D eigenvalue weighted by Gasteiger charge is 2.30. The largest absolute Gasteiger partial charge is 0.573 e. The first-order valence-corrected chi connectivity index (χ1v) is 7.62. The number of ether oxygens (including phenoxy) is 2. The minimum Gasteiger partial charge on any atom is -0.453 e. The molecule has 0 heterocycles. The molecule has 7 nitrogen and oxygen atoms in total. The Kier molecular flexibility index (Phi) is 6.47. The molecular formula is C17H17F3N4O3. The van der Waals surface area contributed by atoms with Gasteiger partial charge in [0.1, 0.15) is 5.75 Å². The van der Waals surface area contributed by atoms with Gasteiger partial charge in [0.15, 0.2) is 5.96 Å². The van der Waals surface area contributed by atoms with Gasteiger partial charge in [-0.2, -0.15) is 0 Å². The summed E-state index contributed by atoms with van der Waals surface area (Å²) in [6.07, 6.45) is -5.31. The number of halogens is 3. The third-order valence-corrected chi connectivity index (χ3v) is 3.18. The van der Waals surface area contributed by atoms with E-state index in [4.69, 9.17) is 5.73 Å².